The number of hydrogen-bond donors (Lipinski definition) is 1. The van der Waals surface area contributed by atoms with E-state index >= 15 is 0 Å². The number of para-hydroxylation sites is 1. The summed E-state index contributed by atoms with van der Waals surface area (Å²) >= 11 is 0. The molecule has 2 aromatic heterocycles. The third-order valence-electron chi connectivity index (χ3n) is 4.76. The van der Waals surface area contributed by atoms with E-state index in [4.69, 9.17) is 14.2 Å². The van der Waals surface area contributed by atoms with E-state index in [2.05, 4.69) is 4.98 Å². The lowest BCUT2D eigenvalue weighted by molar-refractivity contribution is -0.144. The molecule has 0 spiro atoms. The molecule has 1 N–H and O–H groups in total. The fourth-order valence-electron chi connectivity index (χ4n) is 3.35. The lowest BCUT2D eigenvalue weighted by Gasteiger charge is -2.16. The Balaban J connectivity index is 2.03. The van der Waals surface area contributed by atoms with Crippen LogP contribution in [0.1, 0.15) is 46.2 Å². The molecule has 0 radical (unpaired) electrons. The fraction of sp³-hybridized carbons (Fsp3) is 0.318. The number of aromatic amines is 1. The maximum Gasteiger partial charge on any atom is 0.340 e. The Morgan fingerprint density at radius 3 is 2.17 bits per heavy atom. The Morgan fingerprint density at radius 2 is 1.60 bits per heavy atom. The molecule has 158 valence electrons. The summed E-state index contributed by atoms with van der Waals surface area (Å²) in [6, 6.07) is 6.95. The van der Waals surface area contributed by atoms with Crippen LogP contribution in [-0.4, -0.2) is 47.8 Å². The smallest absolute Gasteiger partial charge is 0.340 e. The zero-order valence-electron chi connectivity index (χ0n) is 17.1. The first kappa shape index (κ1) is 21.2. The van der Waals surface area contributed by atoms with Crippen molar-refractivity contribution in [2.24, 2.45) is 0 Å². The zero-order chi connectivity index (χ0) is 21.7. The molecular formula is C22H24N2O6. The van der Waals surface area contributed by atoms with Crippen molar-refractivity contribution in [3.8, 4) is 0 Å². The highest BCUT2D eigenvalue weighted by Crippen LogP contribution is 2.26. The number of carbonyl (C=O) groups is 3. The number of ether oxygens (including phenoxy) is 3. The van der Waals surface area contributed by atoms with Gasteiger partial charge in [0.2, 0.25) is 0 Å². The highest BCUT2D eigenvalue weighted by atomic mass is 16.5. The van der Waals surface area contributed by atoms with E-state index in [1.807, 2.05) is 30.5 Å². The number of esters is 3. The number of carbonyl (C=O) groups excluding carboxylic acids is 3. The minimum atomic E-state index is -0.787. The van der Waals surface area contributed by atoms with Crippen molar-refractivity contribution in [3.63, 3.8) is 0 Å². The number of nitrogens with zero attached hydrogens (tertiary/aromatic N) is 1. The van der Waals surface area contributed by atoms with Gasteiger partial charge in [-0.25, -0.2) is 14.4 Å². The molecule has 0 aliphatic heterocycles. The first-order valence-electron chi connectivity index (χ1n) is 9.68. The minimum absolute atomic E-state index is 0.0446. The van der Waals surface area contributed by atoms with Crippen LogP contribution < -0.4 is 0 Å². The van der Waals surface area contributed by atoms with Gasteiger partial charge in [-0.1, -0.05) is 18.2 Å². The van der Waals surface area contributed by atoms with Crippen molar-refractivity contribution >= 4 is 28.8 Å². The van der Waals surface area contributed by atoms with Crippen LogP contribution in [0, 0.1) is 0 Å². The number of H-pyrrole nitrogens is 1. The molecule has 1 aromatic carbocycles. The van der Waals surface area contributed by atoms with Gasteiger partial charge in [0.1, 0.15) is 6.04 Å². The van der Waals surface area contributed by atoms with Gasteiger partial charge in [-0.05, 0) is 25.5 Å². The Labute approximate surface area is 173 Å². The molecule has 0 fully saturated rings. The lowest BCUT2D eigenvalue weighted by Crippen LogP contribution is -2.22. The maximum atomic E-state index is 12.6. The molecule has 3 rings (SSSR count). The highest BCUT2D eigenvalue weighted by Gasteiger charge is 2.28. The summed E-state index contributed by atoms with van der Waals surface area (Å²) in [5.41, 5.74) is 1.94. The van der Waals surface area contributed by atoms with E-state index < -0.39 is 23.9 Å². The topological polar surface area (TPSA) is 99.6 Å². The highest BCUT2D eigenvalue weighted by molar-refractivity contribution is 6.03. The van der Waals surface area contributed by atoms with Crippen LogP contribution in [0.15, 0.2) is 42.9 Å². The number of benzene rings is 1. The monoisotopic (exact) mass is 412 g/mol. The average molecular weight is 412 g/mol. The number of aromatic nitrogens is 2. The van der Waals surface area contributed by atoms with Crippen LogP contribution in [0.5, 0.6) is 0 Å². The first-order chi connectivity index (χ1) is 14.5. The second-order valence-electron chi connectivity index (χ2n) is 6.58. The summed E-state index contributed by atoms with van der Waals surface area (Å²) < 4.78 is 16.6. The molecule has 8 heteroatoms. The van der Waals surface area contributed by atoms with Gasteiger partial charge in [0.25, 0.3) is 0 Å². The maximum absolute atomic E-state index is 12.6. The molecular weight excluding hydrogens is 388 g/mol. The third-order valence-corrected chi connectivity index (χ3v) is 4.76. The lowest BCUT2D eigenvalue weighted by atomic mass is 10.0. The molecule has 0 saturated carbocycles. The number of nitrogens with one attached hydrogen (secondary N) is 1. The van der Waals surface area contributed by atoms with Crippen molar-refractivity contribution in [3.05, 3.63) is 59.5 Å². The summed E-state index contributed by atoms with van der Waals surface area (Å²) in [5.74, 6) is -1.81. The van der Waals surface area contributed by atoms with Gasteiger partial charge < -0.3 is 23.8 Å². The molecule has 0 aliphatic carbocycles. The van der Waals surface area contributed by atoms with Crippen molar-refractivity contribution in [1.29, 1.82) is 0 Å². The van der Waals surface area contributed by atoms with Crippen LogP contribution in [0.3, 0.4) is 0 Å². The molecule has 30 heavy (non-hydrogen) atoms. The zero-order valence-corrected chi connectivity index (χ0v) is 17.1. The van der Waals surface area contributed by atoms with Gasteiger partial charge in [-0.15, -0.1) is 0 Å². The molecule has 3 aromatic rings. The van der Waals surface area contributed by atoms with Crippen molar-refractivity contribution in [1.82, 2.24) is 9.55 Å². The van der Waals surface area contributed by atoms with E-state index in [1.54, 1.807) is 13.8 Å². The molecule has 0 aliphatic rings. The Bertz CT molecular complexity index is 1030. The van der Waals surface area contributed by atoms with Crippen molar-refractivity contribution in [2.45, 2.75) is 26.3 Å². The van der Waals surface area contributed by atoms with Gasteiger partial charge in [0.05, 0.1) is 31.5 Å². The predicted octanol–water partition coefficient (Wildman–Crippen LogP) is 3.28. The van der Waals surface area contributed by atoms with Gasteiger partial charge in [-0.3, -0.25) is 0 Å². The van der Waals surface area contributed by atoms with Crippen LogP contribution in [-0.2, 0) is 25.4 Å². The van der Waals surface area contributed by atoms with Crippen molar-refractivity contribution < 1.29 is 28.6 Å². The molecule has 0 bridgehead atoms. The largest absolute Gasteiger partial charge is 0.467 e. The Kier molecular flexibility index (Phi) is 6.56. The summed E-state index contributed by atoms with van der Waals surface area (Å²) in [6.07, 6.45) is 5.00. The van der Waals surface area contributed by atoms with Gasteiger partial charge in [0, 0.05) is 35.9 Å². The summed E-state index contributed by atoms with van der Waals surface area (Å²) in [6.45, 7) is 3.66. The SMILES string of the molecule is CCOC(=O)c1cn([C@@H](Cc2c[nH]c3ccccc23)C(=O)OC)cc1C(=O)OCC. The van der Waals surface area contributed by atoms with Crippen LogP contribution >= 0.6 is 0 Å². The molecule has 0 saturated heterocycles. The fourth-order valence-corrected chi connectivity index (χ4v) is 3.35. The minimum Gasteiger partial charge on any atom is -0.467 e. The second-order valence-corrected chi connectivity index (χ2v) is 6.58. The predicted molar refractivity (Wildman–Crippen MR) is 109 cm³/mol. The van der Waals surface area contributed by atoms with Crippen molar-refractivity contribution in [2.75, 3.05) is 20.3 Å². The molecule has 8 nitrogen and oxygen atoms in total. The van der Waals surface area contributed by atoms with E-state index in [0.29, 0.717) is 6.42 Å². The summed E-state index contributed by atoms with van der Waals surface area (Å²) in [5, 5.41) is 0.981. The van der Waals surface area contributed by atoms with E-state index in [1.165, 1.54) is 24.1 Å². The quantitative estimate of drug-likeness (QED) is 0.450. The van der Waals surface area contributed by atoms with Gasteiger partial charge in [0.15, 0.2) is 0 Å². The Hall–Kier alpha value is -3.55. The van der Waals surface area contributed by atoms with Gasteiger partial charge in [-0.2, -0.15) is 0 Å². The van der Waals surface area contributed by atoms with Gasteiger partial charge >= 0.3 is 17.9 Å². The molecule has 0 amide bonds. The number of fused-ring (bicyclic) bond motifs is 1. The van der Waals surface area contributed by atoms with Crippen LogP contribution in [0.2, 0.25) is 0 Å². The normalized spacial score (nSPS) is 11.8. The Morgan fingerprint density at radius 1 is 1.00 bits per heavy atom. The second kappa shape index (κ2) is 9.30. The third kappa shape index (κ3) is 4.22. The number of rotatable bonds is 8. The number of methoxy groups -OCH3 is 1. The molecule has 2 heterocycles. The van der Waals surface area contributed by atoms with E-state index in [0.717, 1.165) is 16.5 Å². The summed E-state index contributed by atoms with van der Waals surface area (Å²) in [7, 11) is 1.30. The van der Waals surface area contributed by atoms with Crippen LogP contribution in [0.25, 0.3) is 10.9 Å². The molecule has 0 unspecified atom stereocenters. The average Bonchev–Trinajstić information content (AvgIpc) is 3.36. The standard InChI is InChI=1S/C22H24N2O6/c1-4-29-20(25)16-12-24(13-17(16)21(26)30-5-2)19(22(27)28-3)10-14-11-23-18-9-7-6-8-15(14)18/h6-9,11-13,19,23H,4-5,10H2,1-3H3/t19-/m0/s1. The van der Waals surface area contributed by atoms with E-state index in [9.17, 15) is 14.4 Å². The van der Waals surface area contributed by atoms with E-state index in [-0.39, 0.29) is 24.3 Å². The van der Waals surface area contributed by atoms with Crippen LogP contribution in [0.4, 0.5) is 0 Å². The number of hydrogen-bond acceptors (Lipinski definition) is 6. The molecule has 1 atom stereocenters. The summed E-state index contributed by atoms with van der Waals surface area (Å²) in [4.78, 5) is 40.5. The first-order valence-corrected chi connectivity index (χ1v) is 9.68.